The van der Waals surface area contributed by atoms with Gasteiger partial charge in [0, 0.05) is 61.3 Å². The molecule has 2 fully saturated rings. The summed E-state index contributed by atoms with van der Waals surface area (Å²) in [6, 6.07) is 10.3. The molecule has 0 aliphatic carbocycles. The number of nitrogens with zero attached hydrogens (tertiary/aromatic N) is 6. The highest BCUT2D eigenvalue weighted by Gasteiger charge is 2.30. The molecule has 2 aliphatic heterocycles. The Hall–Kier alpha value is -5.26. The van der Waals surface area contributed by atoms with Gasteiger partial charge in [-0.1, -0.05) is 11.6 Å². The average molecular weight is 677 g/mol. The van der Waals surface area contributed by atoms with Crippen molar-refractivity contribution >= 4 is 47.0 Å². The summed E-state index contributed by atoms with van der Waals surface area (Å²) in [5.41, 5.74) is 3.55. The van der Waals surface area contributed by atoms with Gasteiger partial charge >= 0.3 is 0 Å². The summed E-state index contributed by atoms with van der Waals surface area (Å²) in [6.45, 7) is 5.20. The number of piperazine rings is 1. The zero-order chi connectivity index (χ0) is 34.2. The molecule has 3 N–H and O–H groups in total. The van der Waals surface area contributed by atoms with E-state index in [4.69, 9.17) is 31.5 Å². The van der Waals surface area contributed by atoms with E-state index in [0.29, 0.717) is 54.5 Å². The normalized spacial score (nSPS) is 14.9. The quantitative estimate of drug-likeness (QED) is 0.242. The van der Waals surface area contributed by atoms with Gasteiger partial charge in [0.05, 0.1) is 16.9 Å². The van der Waals surface area contributed by atoms with Gasteiger partial charge in [-0.2, -0.15) is 5.26 Å². The summed E-state index contributed by atoms with van der Waals surface area (Å²) in [5.74, 6) is -0.178. The van der Waals surface area contributed by atoms with Gasteiger partial charge in [-0.3, -0.25) is 18.8 Å². The topological polar surface area (TPSA) is 165 Å². The number of amides is 2. The third-order valence-corrected chi connectivity index (χ3v) is 8.70. The largest absolute Gasteiger partial charge is 0.483 e. The Morgan fingerprint density at radius 3 is 2.56 bits per heavy atom. The van der Waals surface area contributed by atoms with Crippen molar-refractivity contribution in [2.45, 2.75) is 19.8 Å². The summed E-state index contributed by atoms with van der Waals surface area (Å²) in [6.07, 6.45) is 6.60. The number of rotatable bonds is 7. The summed E-state index contributed by atoms with van der Waals surface area (Å²) in [7, 11) is 0. The second kappa shape index (κ2) is 15.6. The molecule has 4 aromatic rings. The first-order chi connectivity index (χ1) is 23.3. The van der Waals surface area contributed by atoms with Crippen molar-refractivity contribution < 1.29 is 28.6 Å². The third-order valence-electron chi connectivity index (χ3n) is 8.33. The molecule has 0 atom stereocenters. The molecule has 2 saturated heterocycles. The zero-order valence-electron chi connectivity index (χ0n) is 26.2. The minimum Gasteiger partial charge on any atom is -0.483 e. The first-order valence-corrected chi connectivity index (χ1v) is 15.7. The molecular weight excluding hydrogens is 643 g/mol. The lowest BCUT2D eigenvalue weighted by molar-refractivity contribution is -0.137. The number of nitriles is 1. The molecular formula is C33H34ClFN8O5. The van der Waals surface area contributed by atoms with E-state index < -0.39 is 5.82 Å². The number of ether oxygens (including phenoxy) is 1. The molecule has 13 nitrogen and oxygen atoms in total. The Morgan fingerprint density at radius 1 is 1.17 bits per heavy atom. The number of carboxylic acid groups (broad SMARTS) is 1. The summed E-state index contributed by atoms with van der Waals surface area (Å²) < 4.78 is 21.7. The van der Waals surface area contributed by atoms with Gasteiger partial charge in [0.2, 0.25) is 5.91 Å². The molecule has 0 unspecified atom stereocenters. The van der Waals surface area contributed by atoms with E-state index in [1.165, 1.54) is 6.07 Å². The van der Waals surface area contributed by atoms with Gasteiger partial charge < -0.3 is 30.3 Å². The minimum absolute atomic E-state index is 0.0562. The van der Waals surface area contributed by atoms with Crippen LogP contribution in [0.4, 0.5) is 15.9 Å². The van der Waals surface area contributed by atoms with E-state index in [1.807, 2.05) is 28.9 Å². The van der Waals surface area contributed by atoms with Gasteiger partial charge in [0.1, 0.15) is 6.07 Å². The maximum atomic E-state index is 14.8. The number of piperidine rings is 1. The van der Waals surface area contributed by atoms with Crippen LogP contribution >= 0.6 is 11.6 Å². The maximum Gasteiger partial charge on any atom is 0.290 e. The van der Waals surface area contributed by atoms with E-state index in [1.54, 1.807) is 41.2 Å². The lowest BCUT2D eigenvalue weighted by Crippen LogP contribution is -2.52. The molecule has 0 radical (unpaired) electrons. The molecule has 2 aliphatic rings. The standard InChI is InChI=1S/C32H32ClFN8O3.CH2O2/c1-20-18-22(2-3-23(20)32(44)41-15-13-40(14-16-41)31(43)21-6-9-36-10-7-21)39-29-30-38-19-25(42(30)12-11-37-29)24-4-5-26(45-17-8-35)28(34)27(24)33;2-1-3/h2-5,11-12,18-19,21,36H,6-7,9-10,13-17H2,1H3,(H,37,39);1H,(H,2,3). The van der Waals surface area contributed by atoms with Crippen molar-refractivity contribution in [3.8, 4) is 23.1 Å². The number of nitrogens with one attached hydrogen (secondary N) is 2. The zero-order valence-corrected chi connectivity index (χ0v) is 26.9. The number of hydrogen-bond acceptors (Lipinski definition) is 9. The second-order valence-corrected chi connectivity index (χ2v) is 11.6. The molecule has 2 aromatic carbocycles. The van der Waals surface area contributed by atoms with Gasteiger partial charge in [0.25, 0.3) is 12.4 Å². The number of aryl methyl sites for hydroxylation is 1. The van der Waals surface area contributed by atoms with E-state index >= 15 is 0 Å². The monoisotopic (exact) mass is 676 g/mol. The van der Waals surface area contributed by atoms with Gasteiger partial charge in [-0.25, -0.2) is 14.4 Å². The van der Waals surface area contributed by atoms with Crippen molar-refractivity contribution in [2.24, 2.45) is 5.92 Å². The third kappa shape index (κ3) is 7.32. The summed E-state index contributed by atoms with van der Waals surface area (Å²) in [5, 5.41) is 22.0. The predicted molar refractivity (Wildman–Crippen MR) is 176 cm³/mol. The molecule has 15 heteroatoms. The Labute approximate surface area is 280 Å². The number of carbonyl (C=O) groups excluding carboxylic acids is 2. The molecule has 2 aromatic heterocycles. The van der Waals surface area contributed by atoms with Crippen LogP contribution in [0.25, 0.3) is 16.9 Å². The highest BCUT2D eigenvalue weighted by molar-refractivity contribution is 6.33. The number of benzene rings is 2. The van der Waals surface area contributed by atoms with Crippen molar-refractivity contribution in [3.63, 3.8) is 0 Å². The smallest absolute Gasteiger partial charge is 0.290 e. The molecule has 0 saturated carbocycles. The Balaban J connectivity index is 0.00000145. The average Bonchev–Trinajstić information content (AvgIpc) is 3.54. The van der Waals surface area contributed by atoms with Crippen molar-refractivity contribution in [2.75, 3.05) is 51.2 Å². The lowest BCUT2D eigenvalue weighted by Gasteiger charge is -2.37. The molecule has 2 amide bonds. The number of halogens is 2. The molecule has 48 heavy (non-hydrogen) atoms. The van der Waals surface area contributed by atoms with E-state index in [2.05, 4.69) is 20.6 Å². The van der Waals surface area contributed by atoms with Crippen LogP contribution in [0.3, 0.4) is 0 Å². The Kier molecular flexibility index (Phi) is 11.0. The van der Waals surface area contributed by atoms with Gasteiger partial charge in [0.15, 0.2) is 29.6 Å². The maximum absolute atomic E-state index is 14.8. The van der Waals surface area contributed by atoms with Crippen LogP contribution in [-0.2, 0) is 9.59 Å². The molecule has 4 heterocycles. The molecule has 250 valence electrons. The minimum atomic E-state index is -0.760. The van der Waals surface area contributed by atoms with Crippen molar-refractivity contribution in [1.82, 2.24) is 29.5 Å². The van der Waals surface area contributed by atoms with Crippen LogP contribution < -0.4 is 15.4 Å². The fraction of sp³-hybridized carbons (Fsp3) is 0.333. The number of fused-ring (bicyclic) bond motifs is 1. The number of imidazole rings is 1. The predicted octanol–water partition coefficient (Wildman–Crippen LogP) is 4.13. The van der Waals surface area contributed by atoms with Crippen LogP contribution in [0.15, 0.2) is 48.9 Å². The second-order valence-electron chi connectivity index (χ2n) is 11.2. The van der Waals surface area contributed by atoms with Gasteiger partial charge in [-0.05, 0) is 68.8 Å². The van der Waals surface area contributed by atoms with Crippen LogP contribution in [0.5, 0.6) is 5.75 Å². The highest BCUT2D eigenvalue weighted by Crippen LogP contribution is 2.36. The molecule has 0 spiro atoms. The number of anilines is 2. The van der Waals surface area contributed by atoms with Crippen molar-refractivity contribution in [1.29, 1.82) is 5.26 Å². The number of aromatic nitrogens is 3. The number of carbonyl (C=O) groups is 3. The summed E-state index contributed by atoms with van der Waals surface area (Å²) >= 11 is 6.35. The van der Waals surface area contributed by atoms with E-state index in [0.717, 1.165) is 37.2 Å². The Bertz CT molecular complexity index is 1850. The SMILES string of the molecule is Cc1cc(Nc2nccn3c(-c4ccc(OCC#N)c(F)c4Cl)cnc23)ccc1C(=O)N1CCN(C(=O)C2CCNCC2)CC1.O=CO. The van der Waals surface area contributed by atoms with Crippen LogP contribution in [0, 0.1) is 30.0 Å². The van der Waals surface area contributed by atoms with Crippen LogP contribution in [-0.4, -0.2) is 93.4 Å². The fourth-order valence-electron chi connectivity index (χ4n) is 5.90. The number of hydrogen-bond donors (Lipinski definition) is 3. The van der Waals surface area contributed by atoms with Gasteiger partial charge in [-0.15, -0.1) is 0 Å². The lowest BCUT2D eigenvalue weighted by atomic mass is 9.96. The Morgan fingerprint density at radius 2 is 1.88 bits per heavy atom. The highest BCUT2D eigenvalue weighted by atomic mass is 35.5. The first kappa shape index (κ1) is 34.1. The fourth-order valence-corrected chi connectivity index (χ4v) is 6.16. The van der Waals surface area contributed by atoms with Crippen LogP contribution in [0.2, 0.25) is 5.02 Å². The summed E-state index contributed by atoms with van der Waals surface area (Å²) in [4.78, 5) is 47.4. The molecule has 0 bridgehead atoms. The molecule has 6 rings (SSSR count). The van der Waals surface area contributed by atoms with Crippen molar-refractivity contribution in [3.05, 3.63) is 70.9 Å². The van der Waals surface area contributed by atoms with E-state index in [9.17, 15) is 14.0 Å². The first-order valence-electron chi connectivity index (χ1n) is 15.3. The van der Waals surface area contributed by atoms with E-state index in [-0.39, 0.29) is 41.6 Å². The van der Waals surface area contributed by atoms with Crippen LogP contribution in [0.1, 0.15) is 28.8 Å².